The first-order valence-corrected chi connectivity index (χ1v) is 8.63. The van der Waals surface area contributed by atoms with Crippen LogP contribution in [0, 0.1) is 0 Å². The summed E-state index contributed by atoms with van der Waals surface area (Å²) in [6, 6.07) is 3.02. The molecule has 1 aliphatic rings. The highest BCUT2D eigenvalue weighted by Gasteiger charge is 2.33. The van der Waals surface area contributed by atoms with Gasteiger partial charge in [0.05, 0.1) is 10.5 Å². The zero-order valence-electron chi connectivity index (χ0n) is 12.9. The van der Waals surface area contributed by atoms with E-state index in [-0.39, 0.29) is 16.4 Å². The first-order chi connectivity index (χ1) is 10.6. The van der Waals surface area contributed by atoms with E-state index in [2.05, 4.69) is 12.2 Å². The fourth-order valence-corrected chi connectivity index (χ4v) is 3.55. The minimum absolute atomic E-state index is 0.180. The minimum Gasteiger partial charge on any atom is -0.477 e. The maximum absolute atomic E-state index is 12.2. The third kappa shape index (κ3) is 4.30. The van der Waals surface area contributed by atoms with E-state index < -0.39 is 5.97 Å². The van der Waals surface area contributed by atoms with Crippen LogP contribution in [-0.2, 0) is 4.74 Å². The van der Waals surface area contributed by atoms with Crippen LogP contribution in [0.2, 0.25) is 0 Å². The number of rotatable bonds is 7. The molecule has 0 aliphatic heterocycles. The topological polar surface area (TPSA) is 75.6 Å². The largest absolute Gasteiger partial charge is 0.477 e. The second-order valence-electron chi connectivity index (χ2n) is 5.74. The highest BCUT2D eigenvalue weighted by molar-refractivity contribution is 7.15. The summed E-state index contributed by atoms with van der Waals surface area (Å²) in [4.78, 5) is 23.7. The van der Waals surface area contributed by atoms with Crippen LogP contribution in [0.25, 0.3) is 0 Å². The minimum atomic E-state index is -1.00. The predicted molar refractivity (Wildman–Crippen MR) is 85.7 cm³/mol. The molecule has 1 fully saturated rings. The van der Waals surface area contributed by atoms with E-state index in [0.29, 0.717) is 18.0 Å². The first-order valence-electron chi connectivity index (χ1n) is 7.81. The Morgan fingerprint density at radius 3 is 2.55 bits per heavy atom. The summed E-state index contributed by atoms with van der Waals surface area (Å²) in [6.07, 6.45) is 6.38. The number of hydrogen-bond donors (Lipinski definition) is 2. The van der Waals surface area contributed by atoms with Crippen molar-refractivity contribution in [3.05, 3.63) is 21.9 Å². The number of carbonyl (C=O) groups is 2. The summed E-state index contributed by atoms with van der Waals surface area (Å²) in [5, 5.41) is 11.8. The quantitative estimate of drug-likeness (QED) is 0.806. The number of thiophene rings is 1. The molecule has 1 saturated carbocycles. The van der Waals surface area contributed by atoms with Gasteiger partial charge in [-0.05, 0) is 31.4 Å². The summed E-state index contributed by atoms with van der Waals surface area (Å²) in [5.41, 5.74) is -0.253. The monoisotopic (exact) mass is 325 g/mol. The molecule has 5 nitrogen and oxygen atoms in total. The molecule has 122 valence electrons. The lowest BCUT2D eigenvalue weighted by Crippen LogP contribution is -2.46. The number of carboxylic acid groups (broad SMARTS) is 1. The van der Waals surface area contributed by atoms with Crippen molar-refractivity contribution in [3.8, 4) is 0 Å². The van der Waals surface area contributed by atoms with Gasteiger partial charge >= 0.3 is 5.97 Å². The lowest BCUT2D eigenvalue weighted by Gasteiger charge is -2.37. The van der Waals surface area contributed by atoms with Gasteiger partial charge in [-0.3, -0.25) is 4.79 Å². The lowest BCUT2D eigenvalue weighted by molar-refractivity contribution is -0.0668. The standard InChI is InChI=1S/C16H23NO4S/c1-2-10-21-16(8-4-3-5-9-16)11-17-14(18)12-6-7-13(22-12)15(19)20/h6-7H,2-5,8-11H2,1H3,(H,17,18)(H,19,20). The van der Waals surface area contributed by atoms with Crippen LogP contribution in [0.1, 0.15) is 64.8 Å². The molecule has 6 heteroatoms. The van der Waals surface area contributed by atoms with Gasteiger partial charge in [0, 0.05) is 13.2 Å². The van der Waals surface area contributed by atoms with Gasteiger partial charge in [-0.2, -0.15) is 0 Å². The Balaban J connectivity index is 1.95. The molecule has 0 saturated heterocycles. The Hall–Kier alpha value is -1.40. The van der Waals surface area contributed by atoms with E-state index in [1.807, 2.05) is 0 Å². The van der Waals surface area contributed by atoms with Crippen LogP contribution < -0.4 is 5.32 Å². The lowest BCUT2D eigenvalue weighted by atomic mass is 9.84. The smallest absolute Gasteiger partial charge is 0.345 e. The van der Waals surface area contributed by atoms with Crippen LogP contribution in [0.5, 0.6) is 0 Å². The highest BCUT2D eigenvalue weighted by Crippen LogP contribution is 2.31. The molecule has 1 aromatic rings. The van der Waals surface area contributed by atoms with Crippen LogP contribution in [0.4, 0.5) is 0 Å². The number of amides is 1. The highest BCUT2D eigenvalue weighted by atomic mass is 32.1. The molecule has 2 rings (SSSR count). The number of hydrogen-bond acceptors (Lipinski definition) is 4. The van der Waals surface area contributed by atoms with Gasteiger partial charge in [-0.25, -0.2) is 4.79 Å². The van der Waals surface area contributed by atoms with Crippen molar-refractivity contribution in [1.82, 2.24) is 5.32 Å². The van der Waals surface area contributed by atoms with Gasteiger partial charge in [0.15, 0.2) is 0 Å². The molecular weight excluding hydrogens is 302 g/mol. The number of aromatic carboxylic acids is 1. The number of carbonyl (C=O) groups excluding carboxylic acids is 1. The summed E-state index contributed by atoms with van der Waals surface area (Å²) >= 11 is 1.00. The molecule has 1 amide bonds. The van der Waals surface area contributed by atoms with Gasteiger partial charge in [-0.1, -0.05) is 26.2 Å². The van der Waals surface area contributed by atoms with Crippen molar-refractivity contribution >= 4 is 23.2 Å². The second kappa shape index (κ2) is 7.74. The van der Waals surface area contributed by atoms with Crippen molar-refractivity contribution in [3.63, 3.8) is 0 Å². The molecule has 1 heterocycles. The van der Waals surface area contributed by atoms with Crippen molar-refractivity contribution < 1.29 is 19.4 Å². The zero-order chi connectivity index (χ0) is 16.0. The summed E-state index contributed by atoms with van der Waals surface area (Å²) in [6.45, 7) is 3.28. The molecule has 0 bridgehead atoms. The van der Waals surface area contributed by atoms with E-state index in [9.17, 15) is 9.59 Å². The Morgan fingerprint density at radius 2 is 1.95 bits per heavy atom. The molecule has 0 spiro atoms. The normalized spacial score (nSPS) is 17.1. The van der Waals surface area contributed by atoms with E-state index in [4.69, 9.17) is 9.84 Å². The molecule has 0 atom stereocenters. The molecule has 2 N–H and O–H groups in total. The average molecular weight is 325 g/mol. The molecule has 0 unspecified atom stereocenters. The number of ether oxygens (including phenoxy) is 1. The summed E-state index contributed by atoms with van der Waals surface area (Å²) < 4.78 is 6.04. The van der Waals surface area contributed by atoms with E-state index in [1.165, 1.54) is 12.5 Å². The van der Waals surface area contributed by atoms with Crippen LogP contribution in [0.15, 0.2) is 12.1 Å². The van der Waals surface area contributed by atoms with Crippen LogP contribution in [0.3, 0.4) is 0 Å². The first kappa shape index (κ1) is 17.0. The Labute approximate surface area is 134 Å². The van der Waals surface area contributed by atoms with Gasteiger partial charge in [0.2, 0.25) is 0 Å². The fourth-order valence-electron chi connectivity index (χ4n) is 2.79. The van der Waals surface area contributed by atoms with Crippen molar-refractivity contribution in [2.24, 2.45) is 0 Å². The molecular formula is C16H23NO4S. The molecule has 22 heavy (non-hydrogen) atoms. The fraction of sp³-hybridized carbons (Fsp3) is 0.625. The maximum Gasteiger partial charge on any atom is 0.345 e. The van der Waals surface area contributed by atoms with E-state index in [0.717, 1.165) is 43.4 Å². The van der Waals surface area contributed by atoms with E-state index >= 15 is 0 Å². The third-order valence-electron chi connectivity index (χ3n) is 3.99. The van der Waals surface area contributed by atoms with Gasteiger partial charge in [0.25, 0.3) is 5.91 Å². The SMILES string of the molecule is CCCOC1(CNC(=O)c2ccc(C(=O)O)s2)CCCCC1. The van der Waals surface area contributed by atoms with E-state index in [1.54, 1.807) is 6.07 Å². The van der Waals surface area contributed by atoms with Gasteiger partial charge in [-0.15, -0.1) is 11.3 Å². The number of nitrogens with one attached hydrogen (secondary N) is 1. The van der Waals surface area contributed by atoms with Crippen molar-refractivity contribution in [1.29, 1.82) is 0 Å². The zero-order valence-corrected chi connectivity index (χ0v) is 13.7. The third-order valence-corrected chi connectivity index (χ3v) is 5.06. The van der Waals surface area contributed by atoms with Crippen LogP contribution >= 0.6 is 11.3 Å². The van der Waals surface area contributed by atoms with Gasteiger partial charge < -0.3 is 15.2 Å². The van der Waals surface area contributed by atoms with Crippen molar-refractivity contribution in [2.45, 2.75) is 51.0 Å². The molecule has 0 radical (unpaired) electrons. The summed E-state index contributed by atoms with van der Waals surface area (Å²) in [7, 11) is 0. The Morgan fingerprint density at radius 1 is 1.27 bits per heavy atom. The Bertz CT molecular complexity index is 520. The predicted octanol–water partition coefficient (Wildman–Crippen LogP) is 3.31. The second-order valence-corrected chi connectivity index (χ2v) is 6.83. The summed E-state index contributed by atoms with van der Waals surface area (Å²) in [5.74, 6) is -1.22. The number of carboxylic acids is 1. The van der Waals surface area contributed by atoms with Crippen LogP contribution in [-0.4, -0.2) is 35.7 Å². The Kier molecular flexibility index (Phi) is 5.97. The van der Waals surface area contributed by atoms with Crippen molar-refractivity contribution in [2.75, 3.05) is 13.2 Å². The maximum atomic E-state index is 12.2. The molecule has 1 aliphatic carbocycles. The molecule has 0 aromatic carbocycles. The average Bonchev–Trinajstić information content (AvgIpc) is 3.02. The van der Waals surface area contributed by atoms with Gasteiger partial charge in [0.1, 0.15) is 4.88 Å². The molecule has 1 aromatic heterocycles.